The molecule has 1 amide bonds. The van der Waals surface area contributed by atoms with Gasteiger partial charge in [-0.25, -0.2) is 4.98 Å². The van der Waals surface area contributed by atoms with E-state index in [0.717, 1.165) is 31.0 Å². The summed E-state index contributed by atoms with van der Waals surface area (Å²) in [5.41, 5.74) is 0.910. The van der Waals surface area contributed by atoms with E-state index < -0.39 is 0 Å². The molecule has 24 heavy (non-hydrogen) atoms. The van der Waals surface area contributed by atoms with Gasteiger partial charge in [0.15, 0.2) is 5.82 Å². The van der Waals surface area contributed by atoms with Crippen molar-refractivity contribution < 1.29 is 9.53 Å². The van der Waals surface area contributed by atoms with E-state index in [-0.39, 0.29) is 18.1 Å². The van der Waals surface area contributed by atoms with Gasteiger partial charge >= 0.3 is 0 Å². The Morgan fingerprint density at radius 2 is 2.21 bits per heavy atom. The third-order valence-electron chi connectivity index (χ3n) is 3.86. The van der Waals surface area contributed by atoms with Crippen LogP contribution < -0.4 is 4.90 Å². The lowest BCUT2D eigenvalue weighted by atomic mass is 10.2. The van der Waals surface area contributed by atoms with Crippen LogP contribution in [-0.2, 0) is 9.53 Å². The second-order valence-electron chi connectivity index (χ2n) is 5.99. The van der Waals surface area contributed by atoms with Crippen LogP contribution in [0.5, 0.6) is 0 Å². The highest BCUT2D eigenvalue weighted by Gasteiger charge is 2.23. The number of nitrogens with zero attached hydrogens (tertiary/aromatic N) is 3. The molecule has 1 aromatic carbocycles. The second-order valence-corrected chi connectivity index (χ2v) is 6.93. The number of hydrogen-bond acceptors (Lipinski definition) is 5. The van der Waals surface area contributed by atoms with Crippen LogP contribution in [0, 0.1) is 0 Å². The van der Waals surface area contributed by atoms with Gasteiger partial charge in [-0.3, -0.25) is 9.89 Å². The molecule has 2 heterocycles. The minimum absolute atomic E-state index is 0.0130. The summed E-state index contributed by atoms with van der Waals surface area (Å²) in [5.74, 6) is 1.10. The van der Waals surface area contributed by atoms with Gasteiger partial charge in [-0.1, -0.05) is 30.0 Å². The molecule has 0 radical (unpaired) electrons. The van der Waals surface area contributed by atoms with E-state index in [2.05, 4.69) is 15.2 Å². The fourth-order valence-electron chi connectivity index (χ4n) is 2.77. The van der Waals surface area contributed by atoms with Gasteiger partial charge in [-0.2, -0.15) is 0 Å². The summed E-state index contributed by atoms with van der Waals surface area (Å²) in [6, 6.07) is 9.81. The average molecular weight is 346 g/mol. The maximum Gasteiger partial charge on any atom is 0.237 e. The Labute approximate surface area is 146 Å². The van der Waals surface area contributed by atoms with Crippen LogP contribution in [0.15, 0.2) is 35.5 Å². The third kappa shape index (κ3) is 3.96. The predicted octanol–water partition coefficient (Wildman–Crippen LogP) is 3.19. The number of nitrogens with one attached hydrogen (secondary N) is 1. The number of H-pyrrole nitrogens is 1. The number of benzene rings is 1. The van der Waals surface area contributed by atoms with Gasteiger partial charge in [0, 0.05) is 18.3 Å². The van der Waals surface area contributed by atoms with Gasteiger partial charge in [-0.05, 0) is 38.8 Å². The molecule has 1 aliphatic rings. The summed E-state index contributed by atoms with van der Waals surface area (Å²) in [4.78, 5) is 18.9. The topological polar surface area (TPSA) is 71.1 Å². The van der Waals surface area contributed by atoms with Crippen molar-refractivity contribution in [3.8, 4) is 0 Å². The summed E-state index contributed by atoms with van der Waals surface area (Å²) in [7, 11) is 0. The molecular formula is C17H22N4O2S. The minimum Gasteiger partial charge on any atom is -0.370 e. The SMILES string of the molecule is CC(C)N(C(=O)CSc1n[nH]c([C@@H]2CCCO2)n1)c1ccccc1. The highest BCUT2D eigenvalue weighted by atomic mass is 32.2. The number of amides is 1. The van der Waals surface area contributed by atoms with E-state index >= 15 is 0 Å². The lowest BCUT2D eigenvalue weighted by molar-refractivity contribution is -0.116. The van der Waals surface area contributed by atoms with Crippen LogP contribution in [-0.4, -0.2) is 39.5 Å². The quantitative estimate of drug-likeness (QED) is 0.813. The molecule has 0 spiro atoms. The zero-order chi connectivity index (χ0) is 16.9. The van der Waals surface area contributed by atoms with Crippen molar-refractivity contribution in [1.29, 1.82) is 0 Å². The van der Waals surface area contributed by atoms with E-state index in [0.29, 0.717) is 10.9 Å². The monoisotopic (exact) mass is 346 g/mol. The fourth-order valence-corrected chi connectivity index (χ4v) is 3.44. The summed E-state index contributed by atoms with van der Waals surface area (Å²) in [5, 5.41) is 7.70. The van der Waals surface area contributed by atoms with Crippen molar-refractivity contribution in [3.05, 3.63) is 36.2 Å². The lowest BCUT2D eigenvalue weighted by Gasteiger charge is -2.26. The summed E-state index contributed by atoms with van der Waals surface area (Å²) >= 11 is 1.35. The Morgan fingerprint density at radius 3 is 2.88 bits per heavy atom. The minimum atomic E-state index is 0.0130. The van der Waals surface area contributed by atoms with Crippen LogP contribution in [0.3, 0.4) is 0 Å². The number of rotatable bonds is 6. The molecule has 0 bridgehead atoms. The first kappa shape index (κ1) is 17.0. The number of aromatic amines is 1. The highest BCUT2D eigenvalue weighted by Crippen LogP contribution is 2.27. The first-order chi connectivity index (χ1) is 11.6. The van der Waals surface area contributed by atoms with Gasteiger partial charge in [0.05, 0.1) is 5.75 Å². The van der Waals surface area contributed by atoms with Gasteiger partial charge in [0.25, 0.3) is 0 Å². The van der Waals surface area contributed by atoms with Crippen molar-refractivity contribution in [2.75, 3.05) is 17.3 Å². The first-order valence-corrected chi connectivity index (χ1v) is 9.17. The molecule has 128 valence electrons. The Bertz CT molecular complexity index is 668. The molecule has 0 unspecified atom stereocenters. The van der Waals surface area contributed by atoms with E-state index in [1.807, 2.05) is 44.2 Å². The standard InChI is InChI=1S/C17H22N4O2S/c1-12(2)21(13-7-4-3-5-8-13)15(22)11-24-17-18-16(19-20-17)14-9-6-10-23-14/h3-5,7-8,12,14H,6,9-11H2,1-2H3,(H,18,19,20)/t14-/m0/s1. The molecule has 1 atom stereocenters. The molecule has 1 saturated heterocycles. The van der Waals surface area contributed by atoms with Crippen LogP contribution in [0.4, 0.5) is 5.69 Å². The third-order valence-corrected chi connectivity index (χ3v) is 4.69. The van der Waals surface area contributed by atoms with Crippen molar-refractivity contribution >= 4 is 23.4 Å². The molecule has 1 aliphatic heterocycles. The maximum absolute atomic E-state index is 12.6. The second kappa shape index (κ2) is 7.81. The molecule has 7 heteroatoms. The van der Waals surface area contributed by atoms with Crippen LogP contribution in [0.1, 0.15) is 38.6 Å². The normalized spacial score (nSPS) is 17.4. The van der Waals surface area contributed by atoms with Gasteiger partial charge < -0.3 is 9.64 Å². The Morgan fingerprint density at radius 1 is 1.42 bits per heavy atom. The molecule has 2 aromatic rings. The molecule has 0 saturated carbocycles. The summed E-state index contributed by atoms with van der Waals surface area (Å²) < 4.78 is 5.59. The maximum atomic E-state index is 12.6. The van der Waals surface area contributed by atoms with E-state index in [9.17, 15) is 4.79 Å². The van der Waals surface area contributed by atoms with Crippen molar-refractivity contribution in [2.24, 2.45) is 0 Å². The van der Waals surface area contributed by atoms with Crippen LogP contribution in [0.25, 0.3) is 0 Å². The number of hydrogen-bond donors (Lipinski definition) is 1. The fraction of sp³-hybridized carbons (Fsp3) is 0.471. The molecule has 3 rings (SSSR count). The van der Waals surface area contributed by atoms with Gasteiger partial charge in [-0.15, -0.1) is 5.10 Å². The summed E-state index contributed by atoms with van der Waals surface area (Å²) in [6.45, 7) is 4.79. The van der Waals surface area contributed by atoms with E-state index in [1.165, 1.54) is 11.8 Å². The largest absolute Gasteiger partial charge is 0.370 e. The molecule has 1 fully saturated rings. The lowest BCUT2D eigenvalue weighted by Crippen LogP contribution is -2.38. The molecular weight excluding hydrogens is 324 g/mol. The molecule has 1 aromatic heterocycles. The van der Waals surface area contributed by atoms with Crippen molar-refractivity contribution in [3.63, 3.8) is 0 Å². The first-order valence-electron chi connectivity index (χ1n) is 8.19. The molecule has 6 nitrogen and oxygen atoms in total. The van der Waals surface area contributed by atoms with Crippen molar-refractivity contribution in [2.45, 2.75) is 44.0 Å². The van der Waals surface area contributed by atoms with E-state index in [1.54, 1.807) is 4.90 Å². The number of para-hydroxylation sites is 1. The number of anilines is 1. The smallest absolute Gasteiger partial charge is 0.237 e. The zero-order valence-corrected chi connectivity index (χ0v) is 14.8. The number of aromatic nitrogens is 3. The number of ether oxygens (including phenoxy) is 1. The average Bonchev–Trinajstić information content (AvgIpc) is 3.25. The Balaban J connectivity index is 1.61. The van der Waals surface area contributed by atoms with E-state index in [4.69, 9.17) is 4.74 Å². The zero-order valence-electron chi connectivity index (χ0n) is 13.9. The van der Waals surface area contributed by atoms with Crippen LogP contribution in [0.2, 0.25) is 0 Å². The highest BCUT2D eigenvalue weighted by molar-refractivity contribution is 7.99. The van der Waals surface area contributed by atoms with Gasteiger partial charge in [0.1, 0.15) is 6.10 Å². The predicted molar refractivity (Wildman–Crippen MR) is 94.1 cm³/mol. The molecule has 1 N–H and O–H groups in total. The molecule has 0 aliphatic carbocycles. The number of carbonyl (C=O) groups is 1. The number of carbonyl (C=O) groups excluding carboxylic acids is 1. The Hall–Kier alpha value is -1.86. The number of thioether (sulfide) groups is 1. The van der Waals surface area contributed by atoms with Crippen LogP contribution >= 0.6 is 11.8 Å². The van der Waals surface area contributed by atoms with Gasteiger partial charge in [0.2, 0.25) is 11.1 Å². The van der Waals surface area contributed by atoms with Crippen molar-refractivity contribution in [1.82, 2.24) is 15.2 Å². The summed E-state index contributed by atoms with van der Waals surface area (Å²) in [6.07, 6.45) is 2.03. The Kier molecular flexibility index (Phi) is 5.52.